The van der Waals surface area contributed by atoms with Crippen LogP contribution in [0, 0.1) is 11.6 Å². The summed E-state index contributed by atoms with van der Waals surface area (Å²) < 4.78 is 27.2. The highest BCUT2D eigenvalue weighted by atomic mass is 19.1. The average Bonchev–Trinajstić information content (AvgIpc) is 2.44. The summed E-state index contributed by atoms with van der Waals surface area (Å²) in [5, 5.41) is 12.8. The highest BCUT2D eigenvalue weighted by Crippen LogP contribution is 2.22. The van der Waals surface area contributed by atoms with E-state index in [1.807, 2.05) is 0 Å². The Bertz CT molecular complexity index is 658. The molecule has 21 heavy (non-hydrogen) atoms. The van der Waals surface area contributed by atoms with Crippen LogP contribution in [0.1, 0.15) is 28.9 Å². The molecule has 0 aliphatic carbocycles. The number of aliphatic hydroxyl groups is 1. The number of hydrogen-bond donors (Lipinski definition) is 2. The normalized spacial score (nSPS) is 12.0. The molecule has 5 heteroatoms. The first-order valence-electron chi connectivity index (χ1n) is 6.46. The van der Waals surface area contributed by atoms with Crippen LogP contribution in [0.4, 0.5) is 14.5 Å². The smallest absolute Gasteiger partial charge is 0.164 e. The zero-order valence-electron chi connectivity index (χ0n) is 11.4. The van der Waals surface area contributed by atoms with E-state index >= 15 is 0 Å². The molecule has 0 amide bonds. The van der Waals surface area contributed by atoms with E-state index < -0.39 is 23.5 Å². The van der Waals surface area contributed by atoms with Crippen LogP contribution >= 0.6 is 0 Å². The molecule has 2 aromatic rings. The Morgan fingerprint density at radius 1 is 1.14 bits per heavy atom. The van der Waals surface area contributed by atoms with Crippen LogP contribution < -0.4 is 5.32 Å². The molecule has 0 fully saturated rings. The third kappa shape index (κ3) is 3.44. The molecule has 3 nitrogen and oxygen atoms in total. The molecular weight excluding hydrogens is 276 g/mol. The van der Waals surface area contributed by atoms with Crippen molar-refractivity contribution < 1.29 is 18.7 Å². The van der Waals surface area contributed by atoms with E-state index in [2.05, 4.69) is 5.32 Å². The van der Waals surface area contributed by atoms with Crippen LogP contribution in [0.2, 0.25) is 0 Å². The second kappa shape index (κ2) is 6.45. The van der Waals surface area contributed by atoms with Crippen molar-refractivity contribution in [3.05, 3.63) is 65.2 Å². The van der Waals surface area contributed by atoms with Gasteiger partial charge in [-0.3, -0.25) is 4.79 Å². The number of rotatable bonds is 5. The molecule has 0 aromatic heterocycles. The molecule has 2 rings (SSSR count). The van der Waals surface area contributed by atoms with E-state index in [1.165, 1.54) is 43.3 Å². The first-order chi connectivity index (χ1) is 10.0. The van der Waals surface area contributed by atoms with Gasteiger partial charge in [0.1, 0.15) is 11.6 Å². The summed E-state index contributed by atoms with van der Waals surface area (Å²) in [5.41, 5.74) is 0.349. The van der Waals surface area contributed by atoms with Crippen molar-refractivity contribution in [3.8, 4) is 0 Å². The van der Waals surface area contributed by atoms with Gasteiger partial charge in [-0.1, -0.05) is 24.3 Å². The van der Waals surface area contributed by atoms with Gasteiger partial charge in [-0.05, 0) is 25.1 Å². The molecule has 2 aromatic carbocycles. The van der Waals surface area contributed by atoms with Crippen molar-refractivity contribution in [2.75, 3.05) is 11.9 Å². The number of Topliss-reactive ketones (excluding diaryl/α,β-unsaturated/α-hetero) is 1. The quantitative estimate of drug-likeness (QED) is 0.831. The van der Waals surface area contributed by atoms with E-state index in [0.717, 1.165) is 0 Å². The topological polar surface area (TPSA) is 49.3 Å². The molecular formula is C16H15F2NO2. The molecule has 0 aliphatic heterocycles. The molecule has 0 spiro atoms. The summed E-state index contributed by atoms with van der Waals surface area (Å²) in [4.78, 5) is 11.5. The predicted octanol–water partition coefficient (Wildman–Crippen LogP) is 3.31. The Kier molecular flexibility index (Phi) is 4.65. The summed E-state index contributed by atoms with van der Waals surface area (Å²) in [6, 6.07) is 10.0. The van der Waals surface area contributed by atoms with Crippen LogP contribution in [-0.4, -0.2) is 17.4 Å². The number of aliphatic hydroxyl groups excluding tert-OH is 1. The number of benzene rings is 2. The highest BCUT2D eigenvalue weighted by Gasteiger charge is 2.16. The first-order valence-corrected chi connectivity index (χ1v) is 6.46. The van der Waals surface area contributed by atoms with E-state index in [4.69, 9.17) is 0 Å². The van der Waals surface area contributed by atoms with Crippen LogP contribution in [0.5, 0.6) is 0 Å². The van der Waals surface area contributed by atoms with Gasteiger partial charge in [0.15, 0.2) is 5.78 Å². The minimum absolute atomic E-state index is 0.0370. The largest absolute Gasteiger partial charge is 0.386 e. The number of anilines is 1. The standard InChI is InChI=1S/C16H15F2NO2/c1-10(20)16-13(18)7-4-8-14(16)19-9-15(21)11-5-2-3-6-12(11)17/h2-8,15,19,21H,9H2,1H3. The lowest BCUT2D eigenvalue weighted by Gasteiger charge is -2.15. The zero-order chi connectivity index (χ0) is 15.4. The van der Waals surface area contributed by atoms with Gasteiger partial charge in [0.25, 0.3) is 0 Å². The fourth-order valence-corrected chi connectivity index (χ4v) is 2.09. The monoisotopic (exact) mass is 291 g/mol. The van der Waals surface area contributed by atoms with Crippen molar-refractivity contribution in [2.45, 2.75) is 13.0 Å². The van der Waals surface area contributed by atoms with E-state index in [9.17, 15) is 18.7 Å². The van der Waals surface area contributed by atoms with E-state index in [-0.39, 0.29) is 23.4 Å². The molecule has 110 valence electrons. The molecule has 1 unspecified atom stereocenters. The SMILES string of the molecule is CC(=O)c1c(F)cccc1NCC(O)c1ccccc1F. The molecule has 1 atom stereocenters. The number of carbonyl (C=O) groups is 1. The van der Waals surface area contributed by atoms with Crippen LogP contribution in [-0.2, 0) is 0 Å². The number of nitrogens with one attached hydrogen (secondary N) is 1. The fraction of sp³-hybridized carbons (Fsp3) is 0.188. The molecule has 0 saturated heterocycles. The second-order valence-corrected chi connectivity index (χ2v) is 4.64. The molecule has 0 saturated carbocycles. The molecule has 0 radical (unpaired) electrons. The van der Waals surface area contributed by atoms with Gasteiger partial charge in [0.05, 0.1) is 11.7 Å². The third-order valence-corrected chi connectivity index (χ3v) is 3.12. The molecule has 0 heterocycles. The minimum Gasteiger partial charge on any atom is -0.386 e. The summed E-state index contributed by atoms with van der Waals surface area (Å²) in [6.07, 6.45) is -1.10. The number of halogens is 2. The Hall–Kier alpha value is -2.27. The minimum atomic E-state index is -1.10. The summed E-state index contributed by atoms with van der Waals surface area (Å²) in [5.74, 6) is -1.57. The predicted molar refractivity (Wildman–Crippen MR) is 76.3 cm³/mol. The lowest BCUT2D eigenvalue weighted by atomic mass is 10.1. The number of ketones is 1. The van der Waals surface area contributed by atoms with Gasteiger partial charge in [-0.25, -0.2) is 8.78 Å². The van der Waals surface area contributed by atoms with Crippen LogP contribution in [0.25, 0.3) is 0 Å². The van der Waals surface area contributed by atoms with Gasteiger partial charge in [-0.2, -0.15) is 0 Å². The van der Waals surface area contributed by atoms with Crippen LogP contribution in [0.3, 0.4) is 0 Å². The van der Waals surface area contributed by atoms with Crippen molar-refractivity contribution in [1.82, 2.24) is 0 Å². The van der Waals surface area contributed by atoms with Crippen molar-refractivity contribution in [1.29, 1.82) is 0 Å². The molecule has 0 bridgehead atoms. The average molecular weight is 291 g/mol. The van der Waals surface area contributed by atoms with Crippen molar-refractivity contribution in [2.24, 2.45) is 0 Å². The number of hydrogen-bond acceptors (Lipinski definition) is 3. The molecule has 0 aliphatic rings. The first kappa shape index (κ1) is 15.1. The zero-order valence-corrected chi connectivity index (χ0v) is 11.4. The third-order valence-electron chi connectivity index (χ3n) is 3.12. The maximum atomic E-state index is 13.6. The summed E-state index contributed by atoms with van der Waals surface area (Å²) in [7, 11) is 0. The number of carbonyl (C=O) groups excluding carboxylic acids is 1. The van der Waals surface area contributed by atoms with Gasteiger partial charge in [-0.15, -0.1) is 0 Å². The fourth-order valence-electron chi connectivity index (χ4n) is 2.09. The van der Waals surface area contributed by atoms with E-state index in [0.29, 0.717) is 0 Å². The Morgan fingerprint density at radius 3 is 2.48 bits per heavy atom. The van der Waals surface area contributed by atoms with Crippen LogP contribution in [0.15, 0.2) is 42.5 Å². The van der Waals surface area contributed by atoms with Gasteiger partial charge in [0.2, 0.25) is 0 Å². The Morgan fingerprint density at radius 2 is 1.81 bits per heavy atom. The van der Waals surface area contributed by atoms with Gasteiger partial charge in [0, 0.05) is 17.8 Å². The lowest BCUT2D eigenvalue weighted by molar-refractivity contribution is 0.101. The maximum Gasteiger partial charge on any atom is 0.164 e. The lowest BCUT2D eigenvalue weighted by Crippen LogP contribution is -2.15. The Labute approximate surface area is 121 Å². The highest BCUT2D eigenvalue weighted by molar-refractivity contribution is 5.99. The maximum absolute atomic E-state index is 13.6. The molecule has 2 N–H and O–H groups in total. The van der Waals surface area contributed by atoms with Gasteiger partial charge < -0.3 is 10.4 Å². The van der Waals surface area contributed by atoms with Crippen molar-refractivity contribution in [3.63, 3.8) is 0 Å². The van der Waals surface area contributed by atoms with E-state index in [1.54, 1.807) is 6.07 Å². The summed E-state index contributed by atoms with van der Waals surface area (Å²) >= 11 is 0. The van der Waals surface area contributed by atoms with Gasteiger partial charge >= 0.3 is 0 Å². The van der Waals surface area contributed by atoms with Crippen molar-refractivity contribution >= 4 is 11.5 Å². The summed E-state index contributed by atoms with van der Waals surface area (Å²) in [6.45, 7) is 1.22. The Balaban J connectivity index is 2.16. The second-order valence-electron chi connectivity index (χ2n) is 4.64.